The molecule has 0 aliphatic carbocycles. The highest BCUT2D eigenvalue weighted by Crippen LogP contribution is 2.27. The second-order valence-corrected chi connectivity index (χ2v) is 6.30. The number of carbonyl (C=O) groups is 3. The monoisotopic (exact) mass is 354 g/mol. The fraction of sp³-hybridized carbons (Fsp3) is 0.250. The van der Waals surface area contributed by atoms with Crippen molar-refractivity contribution in [3.8, 4) is 0 Å². The molecule has 0 radical (unpaired) electrons. The normalized spacial score (nSPS) is 11.1. The Hall–Kier alpha value is -3.15. The minimum Gasteiger partial charge on any atom is -0.444 e. The molecule has 2 aromatic rings. The number of furan rings is 1. The average molecular weight is 354 g/mol. The zero-order chi connectivity index (χ0) is 19.4. The van der Waals surface area contributed by atoms with Crippen LogP contribution >= 0.6 is 0 Å². The molecule has 0 fully saturated rings. The van der Waals surface area contributed by atoms with Crippen molar-refractivity contribution in [1.82, 2.24) is 0 Å². The van der Waals surface area contributed by atoms with Crippen LogP contribution in [-0.2, 0) is 4.79 Å². The number of carbonyl (C=O) groups excluding carboxylic acids is 3. The number of nitrogens with two attached hydrogens (primary N) is 1. The first-order chi connectivity index (χ1) is 12.2. The summed E-state index contributed by atoms with van der Waals surface area (Å²) in [6.07, 6.45) is 2.96. The van der Waals surface area contributed by atoms with Crippen LogP contribution < -0.4 is 11.1 Å². The molecule has 0 saturated carbocycles. The number of anilines is 1. The number of hydrogen-bond donors (Lipinski definition) is 2. The van der Waals surface area contributed by atoms with E-state index in [9.17, 15) is 14.4 Å². The zero-order valence-corrected chi connectivity index (χ0v) is 15.3. The van der Waals surface area contributed by atoms with Crippen molar-refractivity contribution in [3.05, 3.63) is 58.4 Å². The van der Waals surface area contributed by atoms with E-state index in [2.05, 4.69) is 19.2 Å². The molecule has 1 heterocycles. The summed E-state index contributed by atoms with van der Waals surface area (Å²) >= 11 is 0. The first-order valence-corrected chi connectivity index (χ1v) is 8.23. The lowest BCUT2D eigenvalue weighted by Crippen LogP contribution is -2.18. The molecule has 6 heteroatoms. The van der Waals surface area contributed by atoms with E-state index in [-0.39, 0.29) is 28.6 Å². The standard InChI is InChI=1S/C20H22N2O4/c1-11(2)15-8-5-14(6-9-15)7-10-16(24)22-20-18(19(21)25)17(12(3)23)13(4)26-20/h5-11H,1-4H3,(H2,21,25)(H,22,24)/b10-7+. The third-order valence-electron chi connectivity index (χ3n) is 3.95. The van der Waals surface area contributed by atoms with Gasteiger partial charge in [0.05, 0.1) is 5.56 Å². The fourth-order valence-electron chi connectivity index (χ4n) is 2.61. The number of benzene rings is 1. The summed E-state index contributed by atoms with van der Waals surface area (Å²) in [6, 6.07) is 7.84. The van der Waals surface area contributed by atoms with Crippen molar-refractivity contribution in [2.45, 2.75) is 33.6 Å². The van der Waals surface area contributed by atoms with Crippen LogP contribution in [0.5, 0.6) is 0 Å². The molecule has 2 rings (SSSR count). The molecule has 0 unspecified atom stereocenters. The largest absolute Gasteiger partial charge is 0.444 e. The van der Waals surface area contributed by atoms with Crippen LogP contribution in [0.1, 0.15) is 64.3 Å². The van der Waals surface area contributed by atoms with Crippen LogP contribution in [0.25, 0.3) is 6.08 Å². The Kier molecular flexibility index (Phi) is 5.77. The van der Waals surface area contributed by atoms with E-state index in [0.29, 0.717) is 5.92 Å². The quantitative estimate of drug-likeness (QED) is 0.610. The summed E-state index contributed by atoms with van der Waals surface area (Å²) in [7, 11) is 0. The zero-order valence-electron chi connectivity index (χ0n) is 15.3. The summed E-state index contributed by atoms with van der Waals surface area (Å²) in [6.45, 7) is 7.05. The molecule has 136 valence electrons. The van der Waals surface area contributed by atoms with Crippen molar-refractivity contribution in [3.63, 3.8) is 0 Å². The van der Waals surface area contributed by atoms with Crippen LogP contribution in [0.15, 0.2) is 34.8 Å². The molecule has 26 heavy (non-hydrogen) atoms. The van der Waals surface area contributed by atoms with Crippen LogP contribution in [-0.4, -0.2) is 17.6 Å². The first-order valence-electron chi connectivity index (χ1n) is 8.23. The van der Waals surface area contributed by atoms with Crippen molar-refractivity contribution in [1.29, 1.82) is 0 Å². The van der Waals surface area contributed by atoms with Crippen LogP contribution in [0.2, 0.25) is 0 Å². The highest BCUT2D eigenvalue weighted by atomic mass is 16.4. The van der Waals surface area contributed by atoms with Gasteiger partial charge in [-0.3, -0.25) is 19.7 Å². The highest BCUT2D eigenvalue weighted by molar-refractivity contribution is 6.13. The number of Topliss-reactive ketones (excluding diaryl/α,β-unsaturated/α-hetero) is 1. The predicted octanol–water partition coefficient (Wildman–Crippen LogP) is 3.66. The third-order valence-corrected chi connectivity index (χ3v) is 3.95. The van der Waals surface area contributed by atoms with Gasteiger partial charge in [-0.05, 0) is 37.0 Å². The Morgan fingerprint density at radius 2 is 1.73 bits per heavy atom. The second-order valence-electron chi connectivity index (χ2n) is 6.30. The number of aryl methyl sites for hydroxylation is 1. The van der Waals surface area contributed by atoms with Crippen LogP contribution in [0.4, 0.5) is 5.88 Å². The molecule has 0 atom stereocenters. The van der Waals surface area contributed by atoms with Crippen molar-refractivity contribution < 1.29 is 18.8 Å². The van der Waals surface area contributed by atoms with Crippen molar-refractivity contribution in [2.75, 3.05) is 5.32 Å². The van der Waals surface area contributed by atoms with Gasteiger partial charge < -0.3 is 10.2 Å². The number of primary amides is 1. The van der Waals surface area contributed by atoms with Crippen LogP contribution in [0.3, 0.4) is 0 Å². The average Bonchev–Trinajstić information content (AvgIpc) is 2.89. The van der Waals surface area contributed by atoms with Crippen molar-refractivity contribution >= 4 is 29.6 Å². The minimum atomic E-state index is -0.837. The van der Waals surface area contributed by atoms with Gasteiger partial charge in [-0.15, -0.1) is 0 Å². The van der Waals surface area contributed by atoms with Gasteiger partial charge >= 0.3 is 0 Å². The minimum absolute atomic E-state index is 0.0843. The molecule has 0 saturated heterocycles. The number of rotatable bonds is 6. The van der Waals surface area contributed by atoms with Gasteiger partial charge in [0.15, 0.2) is 5.78 Å². The maximum absolute atomic E-state index is 12.1. The molecule has 0 aliphatic heterocycles. The number of hydrogen-bond acceptors (Lipinski definition) is 4. The van der Waals surface area contributed by atoms with Gasteiger partial charge in [0, 0.05) is 6.08 Å². The van der Waals surface area contributed by atoms with E-state index in [1.165, 1.54) is 25.5 Å². The molecule has 0 aliphatic rings. The molecule has 3 N–H and O–H groups in total. The summed E-state index contributed by atoms with van der Waals surface area (Å²) < 4.78 is 5.35. The van der Waals surface area contributed by atoms with Crippen LogP contribution in [0, 0.1) is 6.92 Å². The Bertz CT molecular complexity index is 874. The van der Waals surface area contributed by atoms with E-state index in [4.69, 9.17) is 10.2 Å². The lowest BCUT2D eigenvalue weighted by Gasteiger charge is -2.04. The molecule has 0 spiro atoms. The molecule has 1 aromatic carbocycles. The molecule has 0 bridgehead atoms. The summed E-state index contributed by atoms with van der Waals surface area (Å²) in [5.41, 5.74) is 7.37. The number of amides is 2. The smallest absolute Gasteiger partial charge is 0.255 e. The molecule has 6 nitrogen and oxygen atoms in total. The number of nitrogens with one attached hydrogen (secondary N) is 1. The predicted molar refractivity (Wildman–Crippen MR) is 100 cm³/mol. The summed E-state index contributed by atoms with van der Waals surface area (Å²) in [5, 5.41) is 2.46. The van der Waals surface area contributed by atoms with Gasteiger partial charge in [0.25, 0.3) is 11.8 Å². The lowest BCUT2D eigenvalue weighted by atomic mass is 10.0. The molecule has 2 amide bonds. The Morgan fingerprint density at radius 1 is 1.12 bits per heavy atom. The van der Waals surface area contributed by atoms with Gasteiger partial charge in [-0.25, -0.2) is 0 Å². The SMILES string of the molecule is CC(=O)c1c(C)oc(NC(=O)/C=C/c2ccc(C(C)C)cc2)c1C(N)=O. The fourth-order valence-corrected chi connectivity index (χ4v) is 2.61. The Morgan fingerprint density at radius 3 is 2.23 bits per heavy atom. The highest BCUT2D eigenvalue weighted by Gasteiger charge is 2.25. The molecular formula is C20H22N2O4. The van der Waals surface area contributed by atoms with Gasteiger partial charge in [-0.1, -0.05) is 38.1 Å². The van der Waals surface area contributed by atoms with E-state index in [1.54, 1.807) is 6.08 Å². The van der Waals surface area contributed by atoms with E-state index >= 15 is 0 Å². The molecular weight excluding hydrogens is 332 g/mol. The second kappa shape index (κ2) is 7.82. The van der Waals surface area contributed by atoms with E-state index in [0.717, 1.165) is 5.56 Å². The Labute approximate surface area is 152 Å². The van der Waals surface area contributed by atoms with E-state index in [1.807, 2.05) is 24.3 Å². The van der Waals surface area contributed by atoms with Gasteiger partial charge in [0.1, 0.15) is 11.3 Å². The Balaban J connectivity index is 2.18. The van der Waals surface area contributed by atoms with Gasteiger partial charge in [-0.2, -0.15) is 0 Å². The maximum atomic E-state index is 12.1. The van der Waals surface area contributed by atoms with Gasteiger partial charge in [0.2, 0.25) is 5.88 Å². The van der Waals surface area contributed by atoms with Crippen molar-refractivity contribution in [2.24, 2.45) is 5.73 Å². The third kappa shape index (κ3) is 4.27. The maximum Gasteiger partial charge on any atom is 0.255 e. The lowest BCUT2D eigenvalue weighted by molar-refractivity contribution is -0.111. The first kappa shape index (κ1) is 19.2. The molecule has 1 aromatic heterocycles. The summed E-state index contributed by atoms with van der Waals surface area (Å²) in [4.78, 5) is 35.5. The van der Waals surface area contributed by atoms with E-state index < -0.39 is 11.8 Å². The summed E-state index contributed by atoms with van der Waals surface area (Å²) in [5.74, 6) is -1.15. The topological polar surface area (TPSA) is 102 Å². The number of ketones is 1.